The third-order valence-electron chi connectivity index (χ3n) is 2.91. The average molecular weight is 261 g/mol. The molecule has 1 fully saturated rings. The molecule has 4 heteroatoms. The van der Waals surface area contributed by atoms with Crippen molar-refractivity contribution in [2.24, 2.45) is 4.99 Å². The maximum absolute atomic E-state index is 5.65. The quantitative estimate of drug-likeness (QED) is 0.468. The minimum absolute atomic E-state index is 0.601. The molecule has 19 heavy (non-hydrogen) atoms. The molecular formula is C15H23N3O. The number of benzene rings is 1. The number of hydrogen-bond donors (Lipinski definition) is 2. The van der Waals surface area contributed by atoms with E-state index in [-0.39, 0.29) is 0 Å². The van der Waals surface area contributed by atoms with Crippen molar-refractivity contribution in [2.45, 2.75) is 32.7 Å². The molecule has 0 radical (unpaired) electrons. The molecule has 104 valence electrons. The number of ether oxygens (including phenoxy) is 1. The van der Waals surface area contributed by atoms with Crippen LogP contribution in [0.1, 0.15) is 25.3 Å². The Bertz CT molecular complexity index is 410. The molecule has 2 rings (SSSR count). The molecule has 1 aliphatic rings. The number of aliphatic imine (C=N–C) groups is 1. The van der Waals surface area contributed by atoms with Gasteiger partial charge in [-0.25, -0.2) is 4.99 Å². The molecule has 4 nitrogen and oxygen atoms in total. The molecule has 0 aliphatic heterocycles. The molecule has 2 N–H and O–H groups in total. The van der Waals surface area contributed by atoms with Crippen molar-refractivity contribution in [2.75, 3.05) is 19.7 Å². The highest BCUT2D eigenvalue weighted by molar-refractivity contribution is 5.80. The lowest BCUT2D eigenvalue weighted by Crippen LogP contribution is -2.38. The molecule has 0 aromatic heterocycles. The predicted octanol–water partition coefficient (Wildman–Crippen LogP) is 2.09. The number of hydrogen-bond acceptors (Lipinski definition) is 2. The Kier molecular flexibility index (Phi) is 5.07. The van der Waals surface area contributed by atoms with Crippen molar-refractivity contribution in [3.63, 3.8) is 0 Å². The Balaban J connectivity index is 1.72. The molecule has 1 aromatic rings. The fraction of sp³-hybridized carbons (Fsp3) is 0.533. The average Bonchev–Trinajstić information content (AvgIpc) is 3.21. The van der Waals surface area contributed by atoms with E-state index in [1.807, 2.05) is 12.1 Å². The van der Waals surface area contributed by atoms with E-state index in [0.717, 1.165) is 18.3 Å². The summed E-state index contributed by atoms with van der Waals surface area (Å²) in [7, 11) is 0. The highest BCUT2D eigenvalue weighted by Crippen LogP contribution is 2.18. The minimum Gasteiger partial charge on any atom is -0.492 e. The van der Waals surface area contributed by atoms with E-state index in [1.54, 1.807) is 0 Å². The summed E-state index contributed by atoms with van der Waals surface area (Å²) in [5.41, 5.74) is 1.24. The number of nitrogens with one attached hydrogen (secondary N) is 2. The summed E-state index contributed by atoms with van der Waals surface area (Å²) >= 11 is 0. The van der Waals surface area contributed by atoms with Crippen LogP contribution in [0.2, 0.25) is 0 Å². The van der Waals surface area contributed by atoms with Crippen LogP contribution < -0.4 is 15.4 Å². The Morgan fingerprint density at radius 2 is 2.05 bits per heavy atom. The van der Waals surface area contributed by atoms with E-state index in [0.29, 0.717) is 19.2 Å². The summed E-state index contributed by atoms with van der Waals surface area (Å²) < 4.78 is 5.65. The van der Waals surface area contributed by atoms with E-state index in [9.17, 15) is 0 Å². The van der Waals surface area contributed by atoms with Crippen LogP contribution in [0.25, 0.3) is 0 Å². The largest absolute Gasteiger partial charge is 0.492 e. The van der Waals surface area contributed by atoms with Crippen LogP contribution >= 0.6 is 0 Å². The molecule has 1 aromatic carbocycles. The van der Waals surface area contributed by atoms with Crippen molar-refractivity contribution in [1.29, 1.82) is 0 Å². The maximum Gasteiger partial charge on any atom is 0.191 e. The number of guanidine groups is 1. The first-order valence-electron chi connectivity index (χ1n) is 7.02. The summed E-state index contributed by atoms with van der Waals surface area (Å²) in [5.74, 6) is 1.80. The molecule has 0 amide bonds. The number of aryl methyl sites for hydroxylation is 1. The van der Waals surface area contributed by atoms with Crippen molar-refractivity contribution < 1.29 is 4.74 Å². The van der Waals surface area contributed by atoms with E-state index in [1.165, 1.54) is 18.4 Å². The summed E-state index contributed by atoms with van der Waals surface area (Å²) in [6, 6.07) is 8.71. The molecule has 0 saturated heterocycles. The first-order chi connectivity index (χ1) is 9.28. The van der Waals surface area contributed by atoms with Gasteiger partial charge < -0.3 is 15.4 Å². The predicted molar refractivity (Wildman–Crippen MR) is 78.8 cm³/mol. The van der Waals surface area contributed by atoms with Gasteiger partial charge in [0, 0.05) is 12.6 Å². The second-order valence-corrected chi connectivity index (χ2v) is 4.84. The van der Waals surface area contributed by atoms with Crippen molar-refractivity contribution in [3.8, 4) is 5.75 Å². The van der Waals surface area contributed by atoms with Gasteiger partial charge >= 0.3 is 0 Å². The number of nitrogens with zero attached hydrogens (tertiary/aromatic N) is 1. The molecule has 0 heterocycles. The van der Waals surface area contributed by atoms with Gasteiger partial charge in [-0.15, -0.1) is 0 Å². The smallest absolute Gasteiger partial charge is 0.191 e. The van der Waals surface area contributed by atoms with Crippen LogP contribution in [0.3, 0.4) is 0 Å². The van der Waals surface area contributed by atoms with Gasteiger partial charge in [-0.3, -0.25) is 0 Å². The summed E-state index contributed by atoms with van der Waals surface area (Å²) in [6.07, 6.45) is 2.51. The SMILES string of the molecule is CCNC(=NCCOc1ccc(C)cc1)NC1CC1. The van der Waals surface area contributed by atoms with Gasteiger partial charge in [-0.1, -0.05) is 17.7 Å². The standard InChI is InChI=1S/C15H23N3O/c1-3-16-15(18-13-6-7-13)17-10-11-19-14-8-4-12(2)5-9-14/h4-5,8-9,13H,3,6-7,10-11H2,1-2H3,(H2,16,17,18). The topological polar surface area (TPSA) is 45.7 Å². The van der Waals surface area contributed by atoms with Crippen molar-refractivity contribution >= 4 is 5.96 Å². The second kappa shape index (κ2) is 7.02. The van der Waals surface area contributed by atoms with Crippen LogP contribution in [-0.2, 0) is 0 Å². The van der Waals surface area contributed by atoms with Gasteiger partial charge in [0.1, 0.15) is 12.4 Å². The van der Waals surface area contributed by atoms with Crippen LogP contribution in [0, 0.1) is 6.92 Å². The molecule has 0 atom stereocenters. The zero-order chi connectivity index (χ0) is 13.5. The van der Waals surface area contributed by atoms with E-state index >= 15 is 0 Å². The van der Waals surface area contributed by atoms with Gasteiger partial charge in [0.2, 0.25) is 0 Å². The Morgan fingerprint density at radius 1 is 1.32 bits per heavy atom. The van der Waals surface area contributed by atoms with Crippen LogP contribution in [-0.4, -0.2) is 31.7 Å². The Morgan fingerprint density at radius 3 is 2.68 bits per heavy atom. The zero-order valence-electron chi connectivity index (χ0n) is 11.8. The van der Waals surface area contributed by atoms with Gasteiger partial charge in [0.05, 0.1) is 6.54 Å². The number of rotatable bonds is 6. The second-order valence-electron chi connectivity index (χ2n) is 4.84. The Hall–Kier alpha value is -1.71. The highest BCUT2D eigenvalue weighted by Gasteiger charge is 2.21. The minimum atomic E-state index is 0.601. The van der Waals surface area contributed by atoms with Crippen LogP contribution in [0.5, 0.6) is 5.75 Å². The summed E-state index contributed by atoms with van der Waals surface area (Å²) in [6.45, 7) is 6.30. The third kappa shape index (κ3) is 5.20. The normalized spacial score (nSPS) is 15.2. The van der Waals surface area contributed by atoms with Crippen LogP contribution in [0.15, 0.2) is 29.3 Å². The lowest BCUT2D eigenvalue weighted by Gasteiger charge is -2.10. The van der Waals surface area contributed by atoms with Gasteiger partial charge in [-0.05, 0) is 38.8 Å². The molecule has 1 aliphatic carbocycles. The lowest BCUT2D eigenvalue weighted by molar-refractivity contribution is 0.328. The van der Waals surface area contributed by atoms with Gasteiger partial charge in [-0.2, -0.15) is 0 Å². The van der Waals surface area contributed by atoms with E-state index in [2.05, 4.69) is 41.6 Å². The highest BCUT2D eigenvalue weighted by atomic mass is 16.5. The summed E-state index contributed by atoms with van der Waals surface area (Å²) in [5, 5.41) is 6.62. The lowest BCUT2D eigenvalue weighted by atomic mass is 10.2. The van der Waals surface area contributed by atoms with E-state index in [4.69, 9.17) is 4.74 Å². The van der Waals surface area contributed by atoms with Crippen LogP contribution in [0.4, 0.5) is 0 Å². The molecular weight excluding hydrogens is 238 g/mol. The van der Waals surface area contributed by atoms with E-state index < -0.39 is 0 Å². The zero-order valence-corrected chi connectivity index (χ0v) is 11.8. The molecule has 0 unspecified atom stereocenters. The monoisotopic (exact) mass is 261 g/mol. The van der Waals surface area contributed by atoms with Crippen molar-refractivity contribution in [3.05, 3.63) is 29.8 Å². The third-order valence-corrected chi connectivity index (χ3v) is 2.91. The fourth-order valence-electron chi connectivity index (χ4n) is 1.70. The molecule has 1 saturated carbocycles. The Labute approximate surface area is 115 Å². The van der Waals surface area contributed by atoms with Crippen molar-refractivity contribution in [1.82, 2.24) is 10.6 Å². The summed E-state index contributed by atoms with van der Waals surface area (Å²) in [4.78, 5) is 4.50. The fourth-order valence-corrected chi connectivity index (χ4v) is 1.70. The van der Waals surface area contributed by atoms with Gasteiger partial charge in [0.25, 0.3) is 0 Å². The van der Waals surface area contributed by atoms with Gasteiger partial charge in [0.15, 0.2) is 5.96 Å². The molecule has 0 bridgehead atoms. The maximum atomic E-state index is 5.65. The first-order valence-corrected chi connectivity index (χ1v) is 7.02. The first kappa shape index (κ1) is 13.7. The molecule has 0 spiro atoms.